The zero-order chi connectivity index (χ0) is 13.3. The molecule has 0 saturated heterocycles. The molecule has 0 aliphatic heterocycles. The third-order valence-corrected chi connectivity index (χ3v) is 3.74. The molecule has 1 unspecified atom stereocenters. The zero-order valence-corrected chi connectivity index (χ0v) is 11.7. The molecular weight excluding hydrogens is 270 g/mol. The van der Waals surface area contributed by atoms with E-state index in [9.17, 15) is 4.39 Å². The van der Waals surface area contributed by atoms with Gasteiger partial charge in [-0.1, -0.05) is 41.4 Å². The monoisotopic (exact) mass is 282 g/mol. The lowest BCUT2D eigenvalue weighted by Crippen LogP contribution is -1.98. The second-order valence-electron chi connectivity index (χ2n) is 4.40. The summed E-state index contributed by atoms with van der Waals surface area (Å²) in [4.78, 5) is 0. The molecule has 0 nitrogen and oxygen atoms in total. The molecule has 3 heteroatoms. The van der Waals surface area contributed by atoms with Crippen LogP contribution in [0, 0.1) is 19.7 Å². The Morgan fingerprint density at radius 3 is 2.44 bits per heavy atom. The molecule has 2 aromatic carbocycles. The van der Waals surface area contributed by atoms with Crippen molar-refractivity contribution in [3.8, 4) is 0 Å². The third kappa shape index (κ3) is 2.68. The van der Waals surface area contributed by atoms with Crippen LogP contribution in [0.2, 0.25) is 5.02 Å². The van der Waals surface area contributed by atoms with Crippen LogP contribution in [0.1, 0.15) is 27.6 Å². The van der Waals surface area contributed by atoms with E-state index in [2.05, 4.69) is 0 Å². The van der Waals surface area contributed by atoms with Crippen molar-refractivity contribution in [1.29, 1.82) is 0 Å². The Labute approximate surface area is 116 Å². The number of hydrogen-bond donors (Lipinski definition) is 0. The van der Waals surface area contributed by atoms with E-state index < -0.39 is 5.82 Å². The number of benzene rings is 2. The molecular formula is C15H13Cl2F. The molecule has 2 aromatic rings. The van der Waals surface area contributed by atoms with Gasteiger partial charge in [0.25, 0.3) is 0 Å². The number of hydrogen-bond acceptors (Lipinski definition) is 0. The van der Waals surface area contributed by atoms with Gasteiger partial charge in [0.05, 0.1) is 10.4 Å². The smallest absolute Gasteiger partial charge is 0.142 e. The first kappa shape index (κ1) is 13.4. The second-order valence-corrected chi connectivity index (χ2v) is 5.24. The topological polar surface area (TPSA) is 0 Å². The summed E-state index contributed by atoms with van der Waals surface area (Å²) in [6.45, 7) is 4.01. The van der Waals surface area contributed by atoms with Crippen LogP contribution in [0.15, 0.2) is 36.4 Å². The summed E-state index contributed by atoms with van der Waals surface area (Å²) in [7, 11) is 0. The average Bonchev–Trinajstić information content (AvgIpc) is 2.35. The Morgan fingerprint density at radius 1 is 1.06 bits per heavy atom. The molecule has 0 aliphatic carbocycles. The first-order valence-corrected chi connectivity index (χ1v) is 6.46. The first-order valence-electron chi connectivity index (χ1n) is 5.65. The van der Waals surface area contributed by atoms with Gasteiger partial charge in [-0.15, -0.1) is 11.6 Å². The van der Waals surface area contributed by atoms with Gasteiger partial charge in [0.2, 0.25) is 0 Å². The van der Waals surface area contributed by atoms with Crippen LogP contribution in [0.25, 0.3) is 0 Å². The Bertz CT molecular complexity index is 579. The lowest BCUT2D eigenvalue weighted by Gasteiger charge is -2.14. The highest BCUT2D eigenvalue weighted by atomic mass is 35.5. The van der Waals surface area contributed by atoms with Crippen LogP contribution in [-0.4, -0.2) is 0 Å². The number of alkyl halides is 1. The van der Waals surface area contributed by atoms with Crippen LogP contribution >= 0.6 is 23.2 Å². The molecule has 1 atom stereocenters. The van der Waals surface area contributed by atoms with Crippen molar-refractivity contribution in [3.05, 3.63) is 69.5 Å². The van der Waals surface area contributed by atoms with Gasteiger partial charge in [0.1, 0.15) is 5.82 Å². The van der Waals surface area contributed by atoms with Gasteiger partial charge in [0.15, 0.2) is 0 Å². The van der Waals surface area contributed by atoms with Crippen LogP contribution in [0.4, 0.5) is 4.39 Å². The van der Waals surface area contributed by atoms with Gasteiger partial charge < -0.3 is 0 Å². The fraction of sp³-hybridized carbons (Fsp3) is 0.200. The Morgan fingerprint density at radius 2 is 1.78 bits per heavy atom. The first-order chi connectivity index (χ1) is 8.49. The molecule has 0 spiro atoms. The summed E-state index contributed by atoms with van der Waals surface area (Å²) in [5.41, 5.74) is 3.94. The lowest BCUT2D eigenvalue weighted by molar-refractivity contribution is 0.626. The number of aryl methyl sites for hydroxylation is 2. The minimum Gasteiger partial charge on any atom is -0.205 e. The number of rotatable bonds is 2. The van der Waals surface area contributed by atoms with E-state index in [1.165, 1.54) is 12.1 Å². The van der Waals surface area contributed by atoms with Gasteiger partial charge in [-0.2, -0.15) is 0 Å². The summed E-state index contributed by atoms with van der Waals surface area (Å²) in [6.07, 6.45) is 0. The summed E-state index contributed by atoms with van der Waals surface area (Å²) < 4.78 is 13.4. The standard InChI is InChI=1S/C15H13Cl2F/c1-9-3-4-10(2)12(7-9)15(17)11-5-6-13(16)14(18)8-11/h3-8,15H,1-2H3. The van der Waals surface area contributed by atoms with Crippen molar-refractivity contribution < 1.29 is 4.39 Å². The number of halogens is 3. The zero-order valence-electron chi connectivity index (χ0n) is 10.2. The maximum Gasteiger partial charge on any atom is 0.142 e. The van der Waals surface area contributed by atoms with Crippen molar-refractivity contribution >= 4 is 23.2 Å². The van der Waals surface area contributed by atoms with Gasteiger partial charge in [-0.25, -0.2) is 4.39 Å². The molecule has 0 aromatic heterocycles. The van der Waals surface area contributed by atoms with Crippen LogP contribution in [0.3, 0.4) is 0 Å². The quantitative estimate of drug-likeness (QED) is 0.645. The predicted molar refractivity (Wildman–Crippen MR) is 75.0 cm³/mol. The van der Waals surface area contributed by atoms with Crippen molar-refractivity contribution in [2.75, 3.05) is 0 Å². The highest BCUT2D eigenvalue weighted by Gasteiger charge is 2.15. The maximum atomic E-state index is 13.4. The SMILES string of the molecule is Cc1ccc(C)c(C(Cl)c2ccc(Cl)c(F)c2)c1. The van der Waals surface area contributed by atoms with Crippen molar-refractivity contribution in [1.82, 2.24) is 0 Å². The summed E-state index contributed by atoms with van der Waals surface area (Å²) in [5.74, 6) is -0.440. The van der Waals surface area contributed by atoms with E-state index in [1.807, 2.05) is 32.0 Å². The van der Waals surface area contributed by atoms with Crippen molar-refractivity contribution in [2.24, 2.45) is 0 Å². The Kier molecular flexibility index (Phi) is 3.94. The molecule has 0 fully saturated rings. The Balaban J connectivity index is 2.44. The molecule has 0 saturated carbocycles. The molecule has 0 bridgehead atoms. The summed E-state index contributed by atoms with van der Waals surface area (Å²) >= 11 is 12.1. The molecule has 0 radical (unpaired) electrons. The van der Waals surface area contributed by atoms with E-state index in [0.717, 1.165) is 16.7 Å². The van der Waals surface area contributed by atoms with Gasteiger partial charge >= 0.3 is 0 Å². The minimum absolute atomic E-state index is 0.114. The molecule has 0 heterocycles. The van der Waals surface area contributed by atoms with E-state index >= 15 is 0 Å². The second kappa shape index (κ2) is 5.29. The summed E-state index contributed by atoms with van der Waals surface area (Å²) in [6, 6.07) is 10.8. The molecule has 18 heavy (non-hydrogen) atoms. The fourth-order valence-electron chi connectivity index (χ4n) is 1.88. The van der Waals surface area contributed by atoms with Gasteiger partial charge in [-0.3, -0.25) is 0 Å². The van der Waals surface area contributed by atoms with E-state index in [0.29, 0.717) is 5.56 Å². The average molecular weight is 283 g/mol. The van der Waals surface area contributed by atoms with Crippen LogP contribution < -0.4 is 0 Å². The molecule has 0 amide bonds. The minimum atomic E-state index is -0.440. The third-order valence-electron chi connectivity index (χ3n) is 2.94. The molecule has 2 rings (SSSR count). The van der Waals surface area contributed by atoms with Crippen molar-refractivity contribution in [3.63, 3.8) is 0 Å². The fourth-order valence-corrected chi connectivity index (χ4v) is 2.37. The van der Waals surface area contributed by atoms with E-state index in [1.54, 1.807) is 6.07 Å². The molecule has 0 N–H and O–H groups in total. The lowest BCUT2D eigenvalue weighted by atomic mass is 9.98. The Hall–Kier alpha value is -1.05. The van der Waals surface area contributed by atoms with Crippen LogP contribution in [-0.2, 0) is 0 Å². The van der Waals surface area contributed by atoms with Gasteiger partial charge in [-0.05, 0) is 42.7 Å². The molecule has 94 valence electrons. The largest absolute Gasteiger partial charge is 0.205 e. The van der Waals surface area contributed by atoms with Crippen molar-refractivity contribution in [2.45, 2.75) is 19.2 Å². The van der Waals surface area contributed by atoms with E-state index in [4.69, 9.17) is 23.2 Å². The van der Waals surface area contributed by atoms with Crippen LogP contribution in [0.5, 0.6) is 0 Å². The highest BCUT2D eigenvalue weighted by molar-refractivity contribution is 6.30. The highest BCUT2D eigenvalue weighted by Crippen LogP contribution is 2.33. The normalized spacial score (nSPS) is 12.5. The van der Waals surface area contributed by atoms with E-state index in [-0.39, 0.29) is 10.4 Å². The van der Waals surface area contributed by atoms with Gasteiger partial charge in [0, 0.05) is 0 Å². The molecule has 0 aliphatic rings. The summed E-state index contributed by atoms with van der Waals surface area (Å²) in [5, 5.41) is -0.250. The predicted octanol–water partition coefficient (Wildman–Crippen LogP) is 5.42. The maximum absolute atomic E-state index is 13.4.